The molecule has 1 N–H and O–H groups in total. The van der Waals surface area contributed by atoms with Gasteiger partial charge in [0, 0.05) is 18.0 Å². The Bertz CT molecular complexity index is 881. The Kier molecular flexibility index (Phi) is 7.95. The van der Waals surface area contributed by atoms with Crippen LogP contribution in [0.1, 0.15) is 36.4 Å². The Morgan fingerprint density at radius 2 is 1.79 bits per heavy atom. The highest BCUT2D eigenvalue weighted by atomic mass is 35.5. The maximum Gasteiger partial charge on any atom is 0.240 e. The summed E-state index contributed by atoms with van der Waals surface area (Å²) in [6.45, 7) is 2.22. The molecule has 0 spiro atoms. The fraction of sp³-hybridized carbons (Fsp3) is 0.455. The van der Waals surface area contributed by atoms with Crippen LogP contribution >= 0.6 is 11.6 Å². The summed E-state index contributed by atoms with van der Waals surface area (Å²) in [5.41, 5.74) is 2.10. The van der Waals surface area contributed by atoms with E-state index < -0.39 is 10.0 Å². The van der Waals surface area contributed by atoms with E-state index in [0.29, 0.717) is 12.4 Å². The normalized spacial score (nSPS) is 16.1. The van der Waals surface area contributed by atoms with Gasteiger partial charge in [0.05, 0.1) is 18.0 Å². The number of hydrogen-bond donors (Lipinski definition) is 1. The topological polar surface area (TPSA) is 58.6 Å². The Hall–Kier alpha value is -1.60. The van der Waals surface area contributed by atoms with E-state index >= 15 is 0 Å². The van der Waals surface area contributed by atoms with Gasteiger partial charge < -0.3 is 4.74 Å². The maximum absolute atomic E-state index is 12.9. The molecule has 0 radical (unpaired) electrons. The largest absolute Gasteiger partial charge is 0.496 e. The SMILES string of the molecule is COc1ccccc1C(CNS(=O)(=O)c1ccc(CCCCl)cc1)N1CCCC1. The molecule has 1 fully saturated rings. The molecule has 2 aromatic carbocycles. The van der Waals surface area contributed by atoms with Crippen molar-refractivity contribution in [2.24, 2.45) is 0 Å². The van der Waals surface area contributed by atoms with Gasteiger partial charge >= 0.3 is 0 Å². The summed E-state index contributed by atoms with van der Waals surface area (Å²) in [7, 11) is -1.94. The van der Waals surface area contributed by atoms with E-state index in [2.05, 4.69) is 9.62 Å². The number of benzene rings is 2. The van der Waals surface area contributed by atoms with Crippen molar-refractivity contribution in [2.75, 3.05) is 32.6 Å². The monoisotopic (exact) mass is 436 g/mol. The predicted octanol–water partition coefficient (Wildman–Crippen LogP) is 3.98. The van der Waals surface area contributed by atoms with Crippen LogP contribution < -0.4 is 9.46 Å². The maximum atomic E-state index is 12.9. The van der Waals surface area contributed by atoms with Crippen LogP contribution in [0.2, 0.25) is 0 Å². The van der Waals surface area contributed by atoms with Crippen LogP contribution in [0.4, 0.5) is 0 Å². The third-order valence-corrected chi connectivity index (χ3v) is 7.09. The number of aryl methyl sites for hydroxylation is 1. The van der Waals surface area contributed by atoms with Crippen molar-refractivity contribution in [3.05, 3.63) is 59.7 Å². The van der Waals surface area contributed by atoms with Gasteiger partial charge in [0.15, 0.2) is 0 Å². The van der Waals surface area contributed by atoms with Gasteiger partial charge in [0.2, 0.25) is 10.0 Å². The second-order valence-electron chi connectivity index (χ2n) is 7.29. The van der Waals surface area contributed by atoms with E-state index in [-0.39, 0.29) is 10.9 Å². The molecule has 0 saturated carbocycles. The number of rotatable bonds is 10. The lowest BCUT2D eigenvalue weighted by Gasteiger charge is -2.29. The van der Waals surface area contributed by atoms with Crippen LogP contribution in [-0.4, -0.2) is 45.9 Å². The third kappa shape index (κ3) is 5.72. The van der Waals surface area contributed by atoms with E-state index in [1.165, 1.54) is 0 Å². The molecule has 0 aromatic heterocycles. The first kappa shape index (κ1) is 22.1. The molecule has 2 aromatic rings. The molecule has 3 rings (SSSR count). The summed E-state index contributed by atoms with van der Waals surface area (Å²) in [4.78, 5) is 2.61. The number of alkyl halides is 1. The molecule has 7 heteroatoms. The number of methoxy groups -OCH3 is 1. The first-order chi connectivity index (χ1) is 14.0. The number of nitrogens with zero attached hydrogens (tertiary/aromatic N) is 1. The second-order valence-corrected chi connectivity index (χ2v) is 9.43. The van der Waals surface area contributed by atoms with Crippen molar-refractivity contribution in [1.29, 1.82) is 0 Å². The van der Waals surface area contributed by atoms with Crippen molar-refractivity contribution in [3.63, 3.8) is 0 Å². The zero-order chi connectivity index (χ0) is 20.7. The minimum absolute atomic E-state index is 0.0635. The molecule has 0 bridgehead atoms. The molecular weight excluding hydrogens is 408 g/mol. The molecule has 0 aliphatic carbocycles. The molecule has 158 valence electrons. The number of nitrogens with one attached hydrogen (secondary N) is 1. The van der Waals surface area contributed by atoms with E-state index in [1.807, 2.05) is 36.4 Å². The van der Waals surface area contributed by atoms with E-state index in [9.17, 15) is 8.42 Å². The summed E-state index contributed by atoms with van der Waals surface area (Å²) in [5, 5.41) is 0. The summed E-state index contributed by atoms with van der Waals surface area (Å²) in [5.74, 6) is 1.38. The minimum Gasteiger partial charge on any atom is -0.496 e. The Labute approximate surface area is 179 Å². The average Bonchev–Trinajstić information content (AvgIpc) is 3.27. The average molecular weight is 437 g/mol. The number of likely N-dealkylation sites (tertiary alicyclic amines) is 1. The van der Waals surface area contributed by atoms with Gasteiger partial charge in [0.1, 0.15) is 5.75 Å². The van der Waals surface area contributed by atoms with Crippen molar-refractivity contribution < 1.29 is 13.2 Å². The van der Waals surface area contributed by atoms with Gasteiger partial charge in [-0.1, -0.05) is 30.3 Å². The lowest BCUT2D eigenvalue weighted by atomic mass is 10.0. The van der Waals surface area contributed by atoms with Gasteiger partial charge in [-0.05, 0) is 62.5 Å². The molecule has 1 atom stereocenters. The highest BCUT2D eigenvalue weighted by Crippen LogP contribution is 2.31. The van der Waals surface area contributed by atoms with Gasteiger partial charge in [-0.15, -0.1) is 11.6 Å². The van der Waals surface area contributed by atoms with Crippen LogP contribution in [0.25, 0.3) is 0 Å². The predicted molar refractivity (Wildman–Crippen MR) is 117 cm³/mol. The van der Waals surface area contributed by atoms with Crippen molar-refractivity contribution in [1.82, 2.24) is 9.62 Å². The number of halogens is 1. The third-order valence-electron chi connectivity index (χ3n) is 5.38. The van der Waals surface area contributed by atoms with Crippen molar-refractivity contribution in [3.8, 4) is 5.75 Å². The quantitative estimate of drug-likeness (QED) is 0.572. The molecule has 5 nitrogen and oxygen atoms in total. The second kappa shape index (κ2) is 10.4. The summed E-state index contributed by atoms with van der Waals surface area (Å²) in [6, 6.07) is 14.8. The van der Waals surface area contributed by atoms with Crippen LogP contribution in [-0.2, 0) is 16.4 Å². The highest BCUT2D eigenvalue weighted by molar-refractivity contribution is 7.89. The summed E-state index contributed by atoms with van der Waals surface area (Å²) >= 11 is 5.73. The molecular formula is C22H29ClN2O3S. The zero-order valence-corrected chi connectivity index (χ0v) is 18.4. The zero-order valence-electron chi connectivity index (χ0n) is 16.8. The lowest BCUT2D eigenvalue weighted by molar-refractivity contribution is 0.240. The molecule has 1 unspecified atom stereocenters. The molecule has 1 aliphatic rings. The van der Waals surface area contributed by atoms with Gasteiger partial charge in [-0.25, -0.2) is 13.1 Å². The van der Waals surface area contributed by atoms with E-state index in [4.69, 9.17) is 16.3 Å². The van der Waals surface area contributed by atoms with Crippen molar-refractivity contribution in [2.45, 2.75) is 36.6 Å². The van der Waals surface area contributed by atoms with Crippen LogP contribution in [0.15, 0.2) is 53.4 Å². The van der Waals surface area contributed by atoms with Gasteiger partial charge in [-0.3, -0.25) is 4.90 Å². The van der Waals surface area contributed by atoms with E-state index in [1.54, 1.807) is 19.2 Å². The highest BCUT2D eigenvalue weighted by Gasteiger charge is 2.27. The minimum atomic E-state index is -3.59. The van der Waals surface area contributed by atoms with Crippen LogP contribution in [0.5, 0.6) is 5.75 Å². The standard InChI is InChI=1S/C22H29ClN2O3S/c1-28-22-9-3-2-8-20(22)21(25-15-4-5-16-25)17-24-29(26,27)19-12-10-18(11-13-19)7-6-14-23/h2-3,8-13,21,24H,4-7,14-17H2,1H3. The fourth-order valence-corrected chi connectivity index (χ4v) is 4.98. The van der Waals surface area contributed by atoms with Crippen LogP contribution in [0.3, 0.4) is 0 Å². The first-order valence-corrected chi connectivity index (χ1v) is 12.1. The Morgan fingerprint density at radius 1 is 1.10 bits per heavy atom. The first-order valence-electron chi connectivity index (χ1n) is 10.1. The number of para-hydroxylation sites is 1. The molecule has 1 heterocycles. The molecule has 29 heavy (non-hydrogen) atoms. The number of ether oxygens (including phenoxy) is 1. The number of hydrogen-bond acceptors (Lipinski definition) is 4. The summed E-state index contributed by atoms with van der Waals surface area (Å²) < 4.78 is 34.1. The smallest absolute Gasteiger partial charge is 0.240 e. The van der Waals surface area contributed by atoms with Gasteiger partial charge in [0.25, 0.3) is 0 Å². The number of sulfonamides is 1. The molecule has 0 amide bonds. The van der Waals surface area contributed by atoms with E-state index in [0.717, 1.165) is 55.6 Å². The lowest BCUT2D eigenvalue weighted by Crippen LogP contribution is -2.37. The fourth-order valence-electron chi connectivity index (χ4n) is 3.81. The summed E-state index contributed by atoms with van der Waals surface area (Å²) in [6.07, 6.45) is 3.98. The molecule has 1 aliphatic heterocycles. The Morgan fingerprint density at radius 3 is 2.45 bits per heavy atom. The van der Waals surface area contributed by atoms with Crippen molar-refractivity contribution >= 4 is 21.6 Å². The Balaban J connectivity index is 1.76. The van der Waals surface area contributed by atoms with Crippen LogP contribution in [0, 0.1) is 0 Å². The molecule has 1 saturated heterocycles. The van der Waals surface area contributed by atoms with Gasteiger partial charge in [-0.2, -0.15) is 0 Å².